The summed E-state index contributed by atoms with van der Waals surface area (Å²) in [6.45, 7) is 2.47. The lowest BCUT2D eigenvalue weighted by atomic mass is 9.98. The van der Waals surface area contributed by atoms with Gasteiger partial charge in [-0.2, -0.15) is 0 Å². The fourth-order valence-corrected chi connectivity index (χ4v) is 3.51. The largest absolute Gasteiger partial charge is 0.488 e. The lowest BCUT2D eigenvalue weighted by Gasteiger charge is -2.14. The maximum atomic E-state index is 12.1. The Morgan fingerprint density at radius 2 is 1.57 bits per heavy atom. The molecule has 0 saturated carbocycles. The van der Waals surface area contributed by atoms with Gasteiger partial charge in [-0.05, 0) is 46.5 Å². The molecular formula is C27H22O3. The summed E-state index contributed by atoms with van der Waals surface area (Å²) in [4.78, 5) is 12.1. The van der Waals surface area contributed by atoms with Crippen LogP contribution in [0, 0.1) is 6.92 Å². The number of rotatable bonds is 6. The van der Waals surface area contributed by atoms with Crippen LogP contribution in [0.5, 0.6) is 5.75 Å². The first-order valence-electron chi connectivity index (χ1n) is 9.83. The summed E-state index contributed by atoms with van der Waals surface area (Å²) in [7, 11) is 0. The second-order valence-electron chi connectivity index (χ2n) is 7.14. The number of carboxylic acid groups (broad SMARTS) is 1. The number of ether oxygens (including phenoxy) is 1. The minimum atomic E-state index is -0.973. The minimum absolute atomic E-state index is 0.229. The predicted molar refractivity (Wildman–Crippen MR) is 121 cm³/mol. The fraction of sp³-hybridized carbons (Fsp3) is 0.0741. The molecule has 0 atom stereocenters. The van der Waals surface area contributed by atoms with Gasteiger partial charge in [0, 0.05) is 5.56 Å². The fourth-order valence-electron chi connectivity index (χ4n) is 3.51. The van der Waals surface area contributed by atoms with Crippen LogP contribution < -0.4 is 4.74 Å². The zero-order valence-electron chi connectivity index (χ0n) is 16.7. The molecule has 0 fully saturated rings. The SMILES string of the molecule is Cc1ccccc1COc1ccc2ccccc2c1C=C(C(=O)O)c1ccccc1. The maximum Gasteiger partial charge on any atom is 0.336 e. The van der Waals surface area contributed by atoms with Crippen LogP contribution in [0.25, 0.3) is 22.4 Å². The molecule has 1 N–H and O–H groups in total. The van der Waals surface area contributed by atoms with Crippen LogP contribution in [0.2, 0.25) is 0 Å². The van der Waals surface area contributed by atoms with Crippen molar-refractivity contribution in [3.8, 4) is 5.75 Å². The van der Waals surface area contributed by atoms with E-state index in [4.69, 9.17) is 4.74 Å². The van der Waals surface area contributed by atoms with E-state index in [2.05, 4.69) is 13.0 Å². The van der Waals surface area contributed by atoms with Crippen molar-refractivity contribution in [1.29, 1.82) is 0 Å². The van der Waals surface area contributed by atoms with E-state index in [1.807, 2.05) is 72.8 Å². The monoisotopic (exact) mass is 394 g/mol. The number of carbonyl (C=O) groups is 1. The van der Waals surface area contributed by atoms with Crippen LogP contribution in [0.3, 0.4) is 0 Å². The predicted octanol–water partition coefficient (Wildman–Crippen LogP) is 6.35. The van der Waals surface area contributed by atoms with Crippen molar-refractivity contribution in [1.82, 2.24) is 0 Å². The lowest BCUT2D eigenvalue weighted by molar-refractivity contribution is -0.130. The molecule has 0 saturated heterocycles. The summed E-state index contributed by atoms with van der Waals surface area (Å²) >= 11 is 0. The summed E-state index contributed by atoms with van der Waals surface area (Å²) in [5.74, 6) is -0.314. The molecule has 0 heterocycles. The smallest absolute Gasteiger partial charge is 0.336 e. The number of carboxylic acids is 1. The third-order valence-electron chi connectivity index (χ3n) is 5.18. The molecule has 0 radical (unpaired) electrons. The Kier molecular flexibility index (Phi) is 5.62. The molecule has 4 aromatic rings. The molecule has 0 aliphatic carbocycles. The second-order valence-corrected chi connectivity index (χ2v) is 7.14. The number of aliphatic carboxylic acids is 1. The average molecular weight is 394 g/mol. The number of fused-ring (bicyclic) bond motifs is 1. The van der Waals surface area contributed by atoms with Gasteiger partial charge in [-0.25, -0.2) is 4.79 Å². The Bertz CT molecular complexity index is 1220. The van der Waals surface area contributed by atoms with Crippen molar-refractivity contribution in [3.05, 3.63) is 113 Å². The third kappa shape index (κ3) is 4.11. The molecule has 4 rings (SSSR count). The Hall–Kier alpha value is -3.85. The van der Waals surface area contributed by atoms with E-state index < -0.39 is 5.97 Å². The Labute approximate surface area is 175 Å². The van der Waals surface area contributed by atoms with Crippen molar-refractivity contribution in [2.75, 3.05) is 0 Å². The zero-order chi connectivity index (χ0) is 20.9. The van der Waals surface area contributed by atoms with E-state index in [0.717, 1.165) is 27.5 Å². The first kappa shape index (κ1) is 19.5. The maximum absolute atomic E-state index is 12.1. The highest BCUT2D eigenvalue weighted by Gasteiger charge is 2.14. The van der Waals surface area contributed by atoms with E-state index in [9.17, 15) is 9.90 Å². The van der Waals surface area contributed by atoms with Crippen molar-refractivity contribution in [3.63, 3.8) is 0 Å². The van der Waals surface area contributed by atoms with Gasteiger partial charge in [-0.3, -0.25) is 0 Å². The number of aryl methyl sites for hydroxylation is 1. The van der Waals surface area contributed by atoms with Crippen molar-refractivity contribution in [2.45, 2.75) is 13.5 Å². The first-order valence-corrected chi connectivity index (χ1v) is 9.83. The second kappa shape index (κ2) is 8.66. The van der Waals surface area contributed by atoms with E-state index in [0.29, 0.717) is 17.9 Å². The number of hydrogen-bond donors (Lipinski definition) is 1. The molecule has 0 unspecified atom stereocenters. The summed E-state index contributed by atoms with van der Waals surface area (Å²) in [5, 5.41) is 11.9. The van der Waals surface area contributed by atoms with Crippen molar-refractivity contribution in [2.24, 2.45) is 0 Å². The summed E-state index contributed by atoms with van der Waals surface area (Å²) < 4.78 is 6.19. The molecule has 0 bridgehead atoms. The van der Waals surface area contributed by atoms with Crippen molar-refractivity contribution < 1.29 is 14.6 Å². The minimum Gasteiger partial charge on any atom is -0.488 e. The average Bonchev–Trinajstić information content (AvgIpc) is 2.77. The standard InChI is InChI=1S/C27H22O3/c1-19-9-5-6-13-22(19)18-30-26-16-15-21-12-7-8-14-23(21)25(26)17-24(27(28)29)20-10-3-2-4-11-20/h2-17H,18H2,1H3,(H,28,29). The van der Waals surface area contributed by atoms with Gasteiger partial charge in [-0.1, -0.05) is 84.9 Å². The van der Waals surface area contributed by atoms with Crippen molar-refractivity contribution >= 4 is 28.4 Å². The molecule has 3 nitrogen and oxygen atoms in total. The number of hydrogen-bond acceptors (Lipinski definition) is 2. The molecule has 0 aliphatic heterocycles. The van der Waals surface area contributed by atoms with Crippen LogP contribution >= 0.6 is 0 Å². The summed E-state index contributed by atoms with van der Waals surface area (Å²) in [6.07, 6.45) is 1.72. The van der Waals surface area contributed by atoms with Crippen LogP contribution in [0.15, 0.2) is 91.0 Å². The molecule has 0 aliphatic rings. The van der Waals surface area contributed by atoms with Gasteiger partial charge in [-0.15, -0.1) is 0 Å². The highest BCUT2D eigenvalue weighted by Crippen LogP contribution is 2.33. The van der Waals surface area contributed by atoms with E-state index in [1.54, 1.807) is 18.2 Å². The normalized spacial score (nSPS) is 11.4. The van der Waals surface area contributed by atoms with Gasteiger partial charge in [0.15, 0.2) is 0 Å². The highest BCUT2D eigenvalue weighted by atomic mass is 16.5. The summed E-state index contributed by atoms with van der Waals surface area (Å²) in [6, 6.07) is 29.1. The molecule has 148 valence electrons. The summed E-state index contributed by atoms with van der Waals surface area (Å²) in [5.41, 5.74) is 3.91. The third-order valence-corrected chi connectivity index (χ3v) is 5.18. The molecule has 4 aromatic carbocycles. The van der Waals surface area contributed by atoms with Crippen LogP contribution in [0.1, 0.15) is 22.3 Å². The Morgan fingerprint density at radius 3 is 2.33 bits per heavy atom. The van der Waals surface area contributed by atoms with E-state index in [1.165, 1.54) is 0 Å². The zero-order valence-corrected chi connectivity index (χ0v) is 16.7. The molecule has 0 aromatic heterocycles. The topological polar surface area (TPSA) is 46.5 Å². The highest BCUT2D eigenvalue weighted by molar-refractivity contribution is 6.22. The number of benzene rings is 4. The Morgan fingerprint density at radius 1 is 0.867 bits per heavy atom. The van der Waals surface area contributed by atoms with Crippen LogP contribution in [0.4, 0.5) is 0 Å². The van der Waals surface area contributed by atoms with Gasteiger partial charge < -0.3 is 9.84 Å². The van der Waals surface area contributed by atoms with Gasteiger partial charge in [0.2, 0.25) is 0 Å². The Balaban J connectivity index is 1.83. The molecule has 0 amide bonds. The molecule has 3 heteroatoms. The lowest BCUT2D eigenvalue weighted by Crippen LogP contribution is -2.02. The van der Waals surface area contributed by atoms with Gasteiger partial charge >= 0.3 is 5.97 Å². The molecule has 0 spiro atoms. The molecule has 30 heavy (non-hydrogen) atoms. The van der Waals surface area contributed by atoms with Gasteiger partial charge in [0.1, 0.15) is 12.4 Å². The van der Waals surface area contributed by atoms with Gasteiger partial charge in [0.05, 0.1) is 5.57 Å². The van der Waals surface area contributed by atoms with E-state index >= 15 is 0 Å². The first-order chi connectivity index (χ1) is 14.6. The van der Waals surface area contributed by atoms with Crippen LogP contribution in [-0.4, -0.2) is 11.1 Å². The quantitative estimate of drug-likeness (QED) is 0.306. The molecular weight excluding hydrogens is 372 g/mol. The van der Waals surface area contributed by atoms with Gasteiger partial charge in [0.25, 0.3) is 0 Å². The van der Waals surface area contributed by atoms with E-state index in [-0.39, 0.29) is 5.57 Å². The van der Waals surface area contributed by atoms with Crippen LogP contribution in [-0.2, 0) is 11.4 Å².